The molecular weight excluding hydrogens is 1030 g/mol. The van der Waals surface area contributed by atoms with E-state index in [1.807, 2.05) is 0 Å². The van der Waals surface area contributed by atoms with Crippen LogP contribution >= 0.6 is 0 Å². The third-order valence-electron chi connectivity index (χ3n) is 16.0. The molecule has 2 aliphatic heterocycles. The molecule has 0 spiro atoms. The maximum absolute atomic E-state index is 13.3. The van der Waals surface area contributed by atoms with Gasteiger partial charge in [0.05, 0.1) is 32.0 Å². The smallest absolute Gasteiger partial charge is 0.220 e. The lowest BCUT2D eigenvalue weighted by Crippen LogP contribution is -2.65. The number of hydrogen-bond acceptors (Lipinski definition) is 13. The lowest BCUT2D eigenvalue weighted by atomic mass is 9.97. The van der Waals surface area contributed by atoms with Crippen molar-refractivity contribution in [1.82, 2.24) is 5.32 Å². The number of allylic oxidation sites excluding steroid dienone is 10. The molecule has 2 rings (SSSR count). The summed E-state index contributed by atoms with van der Waals surface area (Å²) in [7, 11) is 0. The highest BCUT2D eigenvalue weighted by molar-refractivity contribution is 5.76. The molecule has 9 N–H and O–H groups in total. The number of unbranched alkanes of at least 4 members (excludes halogenated alkanes) is 30. The van der Waals surface area contributed by atoms with Crippen molar-refractivity contribution in [1.29, 1.82) is 0 Å². The summed E-state index contributed by atoms with van der Waals surface area (Å²) < 4.78 is 22.8. The highest BCUT2D eigenvalue weighted by atomic mass is 16.7. The zero-order chi connectivity index (χ0) is 58.8. The van der Waals surface area contributed by atoms with Gasteiger partial charge in [-0.15, -0.1) is 0 Å². The Kier molecular flexibility index (Phi) is 48.1. The summed E-state index contributed by atoms with van der Waals surface area (Å²) in [4.78, 5) is 13.3. The number of hydrogen-bond donors (Lipinski definition) is 9. The first-order chi connectivity index (χ1) is 39.6. The molecule has 2 saturated heterocycles. The molecule has 2 heterocycles. The molecule has 0 aromatic heterocycles. The van der Waals surface area contributed by atoms with Crippen molar-refractivity contribution in [2.24, 2.45) is 0 Å². The first kappa shape index (κ1) is 74.8. The number of rotatable bonds is 53. The van der Waals surface area contributed by atoms with Crippen molar-refractivity contribution in [2.75, 3.05) is 19.8 Å². The summed E-state index contributed by atoms with van der Waals surface area (Å²) in [5.74, 6) is -0.205. The Balaban J connectivity index is 1.59. The Morgan fingerprint density at radius 3 is 1.31 bits per heavy atom. The van der Waals surface area contributed by atoms with Gasteiger partial charge in [0.25, 0.3) is 0 Å². The fraction of sp³-hybridized carbons (Fsp3) is 0.836. The zero-order valence-electron chi connectivity index (χ0n) is 51.0. The van der Waals surface area contributed by atoms with E-state index in [0.29, 0.717) is 12.8 Å². The second kappa shape index (κ2) is 52.1. The molecule has 472 valence electrons. The molecule has 0 radical (unpaired) electrons. The van der Waals surface area contributed by atoms with Crippen LogP contribution in [-0.2, 0) is 23.7 Å². The van der Waals surface area contributed by atoms with Gasteiger partial charge in [-0.05, 0) is 57.8 Å². The van der Waals surface area contributed by atoms with Crippen LogP contribution < -0.4 is 5.32 Å². The minimum atomic E-state index is -1.78. The second-order valence-electron chi connectivity index (χ2n) is 23.2. The van der Waals surface area contributed by atoms with Crippen molar-refractivity contribution < 1.29 is 64.6 Å². The van der Waals surface area contributed by atoms with Crippen LogP contribution in [0.1, 0.15) is 264 Å². The topological polar surface area (TPSA) is 228 Å². The van der Waals surface area contributed by atoms with Gasteiger partial charge in [-0.3, -0.25) is 4.79 Å². The molecule has 0 aromatic carbocycles. The van der Waals surface area contributed by atoms with E-state index in [0.717, 1.165) is 83.5 Å². The molecule has 12 atom stereocenters. The van der Waals surface area contributed by atoms with Gasteiger partial charge in [0.1, 0.15) is 48.8 Å². The van der Waals surface area contributed by atoms with E-state index in [1.165, 1.54) is 154 Å². The van der Waals surface area contributed by atoms with Gasteiger partial charge in [-0.25, -0.2) is 0 Å². The fourth-order valence-electron chi connectivity index (χ4n) is 10.7. The summed E-state index contributed by atoms with van der Waals surface area (Å²) in [6.07, 6.45) is 51.1. The Labute approximate surface area is 492 Å². The average molecular weight is 1150 g/mol. The Morgan fingerprint density at radius 2 is 0.852 bits per heavy atom. The number of carbonyl (C=O) groups excluding carboxylic acids is 1. The minimum absolute atomic E-state index is 0.205. The van der Waals surface area contributed by atoms with Crippen molar-refractivity contribution in [3.05, 3.63) is 60.8 Å². The summed E-state index contributed by atoms with van der Waals surface area (Å²) in [5.41, 5.74) is 0. The number of nitrogens with one attached hydrogen (secondary N) is 1. The number of carbonyl (C=O) groups is 1. The molecular formula is C67H121NO13. The maximum Gasteiger partial charge on any atom is 0.220 e. The first-order valence-corrected chi connectivity index (χ1v) is 33.0. The number of amides is 1. The van der Waals surface area contributed by atoms with Crippen LogP contribution in [0.15, 0.2) is 60.8 Å². The summed E-state index contributed by atoms with van der Waals surface area (Å²) in [6, 6.07) is -0.828. The SMILES string of the molecule is CC/C=C\C/C=C\C/C=C\C/C=C\C/C=C\CCCCCCCCCCCCCCCCCCCCCC(=O)NC(COC1OC(CO)C(OC2OC(CO)C(O)C(O)C2O)C(O)C1O)C(O)CCCCCCCCCCCCCC. The van der Waals surface area contributed by atoms with Crippen LogP contribution in [0.25, 0.3) is 0 Å². The predicted octanol–water partition coefficient (Wildman–Crippen LogP) is 12.5. The molecule has 12 unspecified atom stereocenters. The van der Waals surface area contributed by atoms with Crippen LogP contribution in [0.2, 0.25) is 0 Å². The Morgan fingerprint density at radius 1 is 0.457 bits per heavy atom. The lowest BCUT2D eigenvalue weighted by Gasteiger charge is -2.46. The monoisotopic (exact) mass is 1150 g/mol. The van der Waals surface area contributed by atoms with E-state index in [2.05, 4.69) is 79.9 Å². The second-order valence-corrected chi connectivity index (χ2v) is 23.2. The van der Waals surface area contributed by atoms with Crippen LogP contribution in [0.4, 0.5) is 0 Å². The summed E-state index contributed by atoms with van der Waals surface area (Å²) in [5, 5.41) is 87.3. The van der Waals surface area contributed by atoms with E-state index in [9.17, 15) is 45.6 Å². The number of ether oxygens (including phenoxy) is 4. The van der Waals surface area contributed by atoms with Crippen LogP contribution in [0.5, 0.6) is 0 Å². The number of aliphatic hydroxyl groups is 8. The summed E-state index contributed by atoms with van der Waals surface area (Å²) in [6.45, 7) is 2.75. The van der Waals surface area contributed by atoms with E-state index in [-0.39, 0.29) is 12.5 Å². The lowest BCUT2D eigenvalue weighted by molar-refractivity contribution is -0.359. The van der Waals surface area contributed by atoms with Crippen molar-refractivity contribution in [3.8, 4) is 0 Å². The van der Waals surface area contributed by atoms with Crippen LogP contribution in [0.3, 0.4) is 0 Å². The largest absolute Gasteiger partial charge is 0.394 e. The Bertz CT molecular complexity index is 1590. The molecule has 0 saturated carbocycles. The molecule has 2 fully saturated rings. The highest BCUT2D eigenvalue weighted by Crippen LogP contribution is 2.30. The van der Waals surface area contributed by atoms with E-state index < -0.39 is 86.8 Å². The van der Waals surface area contributed by atoms with Gasteiger partial charge >= 0.3 is 0 Å². The predicted molar refractivity (Wildman–Crippen MR) is 327 cm³/mol. The minimum Gasteiger partial charge on any atom is -0.394 e. The standard InChI is InChI=1S/C67H121NO13/c1-3-5-7-9-11-13-15-17-18-19-20-21-22-23-24-25-26-27-28-29-30-31-32-33-34-35-36-37-38-39-41-43-45-47-49-51-59(72)68-55(56(71)50-48-46-44-42-40-16-14-12-10-8-6-4-2)54-78-66-64(77)62(75)65(58(53-70)80-66)81-67-63(76)61(74)60(73)57(52-69)79-67/h5,7,11,13,17-18,20-21,23-24,55-58,60-67,69-71,73-77H,3-4,6,8-10,12,14-16,19,22,25-54H2,1-2H3,(H,68,72)/b7-5-,13-11-,18-17-,21-20-,24-23-. The molecule has 1 amide bonds. The molecule has 14 nitrogen and oxygen atoms in total. The normalized spacial score (nSPS) is 24.5. The molecule has 14 heteroatoms. The van der Waals surface area contributed by atoms with Gasteiger partial charge < -0.3 is 65.1 Å². The zero-order valence-corrected chi connectivity index (χ0v) is 51.0. The van der Waals surface area contributed by atoms with Gasteiger partial charge in [0.2, 0.25) is 5.91 Å². The van der Waals surface area contributed by atoms with E-state index in [4.69, 9.17) is 18.9 Å². The van der Waals surface area contributed by atoms with Gasteiger partial charge in [-0.1, -0.05) is 261 Å². The van der Waals surface area contributed by atoms with Crippen molar-refractivity contribution in [2.45, 2.75) is 338 Å². The van der Waals surface area contributed by atoms with Crippen molar-refractivity contribution in [3.63, 3.8) is 0 Å². The van der Waals surface area contributed by atoms with Crippen molar-refractivity contribution >= 4 is 5.91 Å². The van der Waals surface area contributed by atoms with Gasteiger partial charge in [0.15, 0.2) is 12.6 Å². The summed E-state index contributed by atoms with van der Waals surface area (Å²) >= 11 is 0. The average Bonchev–Trinajstić information content (AvgIpc) is 3.46. The third kappa shape index (κ3) is 37.0. The van der Waals surface area contributed by atoms with Crippen LogP contribution in [0, 0.1) is 0 Å². The van der Waals surface area contributed by atoms with Crippen LogP contribution in [-0.4, -0.2) is 140 Å². The van der Waals surface area contributed by atoms with Gasteiger partial charge in [-0.2, -0.15) is 0 Å². The molecule has 0 bridgehead atoms. The first-order valence-electron chi connectivity index (χ1n) is 33.0. The quantitative estimate of drug-likeness (QED) is 0.0204. The molecule has 81 heavy (non-hydrogen) atoms. The van der Waals surface area contributed by atoms with Gasteiger partial charge in [0, 0.05) is 6.42 Å². The Hall–Kier alpha value is -2.31. The molecule has 0 aromatic rings. The third-order valence-corrected chi connectivity index (χ3v) is 16.0. The highest BCUT2D eigenvalue weighted by Gasteiger charge is 2.51. The maximum atomic E-state index is 13.3. The molecule has 2 aliphatic rings. The van der Waals surface area contributed by atoms with E-state index in [1.54, 1.807) is 0 Å². The number of aliphatic hydroxyl groups excluding tert-OH is 8. The molecule has 0 aliphatic carbocycles. The van der Waals surface area contributed by atoms with E-state index >= 15 is 0 Å². The fourth-order valence-corrected chi connectivity index (χ4v) is 10.7.